The zero-order valence-corrected chi connectivity index (χ0v) is 11.2. The van der Waals surface area contributed by atoms with Crippen molar-refractivity contribution in [1.82, 2.24) is 4.98 Å². The van der Waals surface area contributed by atoms with Crippen molar-refractivity contribution in [1.29, 1.82) is 0 Å². The number of rotatable bonds is 4. The van der Waals surface area contributed by atoms with Crippen LogP contribution in [-0.2, 0) is 6.61 Å². The number of hydrogen-bond acceptors (Lipinski definition) is 2. The first-order chi connectivity index (χ1) is 9.36. The van der Waals surface area contributed by atoms with Crippen LogP contribution < -0.4 is 10.2 Å². The van der Waals surface area contributed by atoms with Crippen molar-refractivity contribution >= 4 is 12.4 Å². The molecule has 0 saturated heterocycles. The average molecular weight is 280 g/mol. The van der Waals surface area contributed by atoms with Crippen molar-refractivity contribution in [3.63, 3.8) is 0 Å². The lowest BCUT2D eigenvalue weighted by molar-refractivity contribution is 0.302. The standard InChI is InChI=1S/C14H14BF3NO/c1-10-6-7-14(13(8-10)15(16,17)18)20-9-12-5-3-4-11(2)19-12/h3-8H,9H2,1-2H3/q-1. The van der Waals surface area contributed by atoms with Crippen molar-refractivity contribution in [2.45, 2.75) is 20.5 Å². The topological polar surface area (TPSA) is 22.1 Å². The minimum Gasteiger partial charge on any atom is -0.490 e. The molecule has 2 nitrogen and oxygen atoms in total. The summed E-state index contributed by atoms with van der Waals surface area (Å²) in [5, 5.41) is 0. The van der Waals surface area contributed by atoms with Gasteiger partial charge in [-0.1, -0.05) is 29.2 Å². The Morgan fingerprint density at radius 1 is 1.10 bits per heavy atom. The Morgan fingerprint density at radius 3 is 2.50 bits per heavy atom. The van der Waals surface area contributed by atoms with E-state index in [0.29, 0.717) is 11.3 Å². The van der Waals surface area contributed by atoms with E-state index in [1.54, 1.807) is 25.1 Å². The molecule has 0 unspecified atom stereocenters. The normalized spacial score (nSPS) is 11.4. The summed E-state index contributed by atoms with van der Waals surface area (Å²) < 4.78 is 44.2. The van der Waals surface area contributed by atoms with E-state index in [4.69, 9.17) is 4.74 Å². The summed E-state index contributed by atoms with van der Waals surface area (Å²) in [6, 6.07) is 9.41. The van der Waals surface area contributed by atoms with E-state index in [2.05, 4.69) is 4.98 Å². The predicted molar refractivity (Wildman–Crippen MR) is 73.2 cm³/mol. The molecule has 0 N–H and O–H groups in total. The zero-order valence-electron chi connectivity index (χ0n) is 11.2. The summed E-state index contributed by atoms with van der Waals surface area (Å²) in [4.78, 5) is 4.20. The fourth-order valence-electron chi connectivity index (χ4n) is 1.89. The number of ether oxygens (including phenoxy) is 1. The van der Waals surface area contributed by atoms with Crippen LogP contribution in [0.25, 0.3) is 0 Å². The van der Waals surface area contributed by atoms with Crippen molar-refractivity contribution in [3.8, 4) is 5.75 Å². The van der Waals surface area contributed by atoms with E-state index in [9.17, 15) is 12.9 Å². The minimum absolute atomic E-state index is 0.0178. The fraction of sp³-hybridized carbons (Fsp3) is 0.214. The third-order valence-corrected chi connectivity index (χ3v) is 2.84. The van der Waals surface area contributed by atoms with Gasteiger partial charge in [-0.05, 0) is 32.0 Å². The largest absolute Gasteiger partial charge is 0.513 e. The van der Waals surface area contributed by atoms with Crippen LogP contribution in [0.2, 0.25) is 0 Å². The molecule has 0 bridgehead atoms. The molecule has 0 radical (unpaired) electrons. The summed E-state index contributed by atoms with van der Waals surface area (Å²) in [5.74, 6) is -0.147. The Hall–Kier alpha value is -1.98. The van der Waals surface area contributed by atoms with Gasteiger partial charge in [-0.15, -0.1) is 0 Å². The lowest BCUT2D eigenvalue weighted by atomic mass is 9.78. The molecule has 2 rings (SSSR count). The molecule has 0 saturated carbocycles. The maximum Gasteiger partial charge on any atom is 0.513 e. The van der Waals surface area contributed by atoms with Gasteiger partial charge in [0.25, 0.3) is 0 Å². The molecule has 0 aliphatic carbocycles. The first-order valence-electron chi connectivity index (χ1n) is 6.22. The molecule has 1 aromatic heterocycles. The molecule has 1 heterocycles. The second-order valence-corrected chi connectivity index (χ2v) is 4.68. The van der Waals surface area contributed by atoms with Gasteiger partial charge in [0.05, 0.1) is 11.4 Å². The highest BCUT2D eigenvalue weighted by Gasteiger charge is 2.29. The highest BCUT2D eigenvalue weighted by atomic mass is 19.4. The lowest BCUT2D eigenvalue weighted by Crippen LogP contribution is -2.35. The van der Waals surface area contributed by atoms with Crippen molar-refractivity contribution < 1.29 is 17.7 Å². The smallest absolute Gasteiger partial charge is 0.490 e. The maximum absolute atomic E-state index is 13.0. The highest BCUT2D eigenvalue weighted by molar-refractivity contribution is 6.74. The first kappa shape index (κ1) is 14.4. The number of pyridine rings is 1. The van der Waals surface area contributed by atoms with Gasteiger partial charge in [-0.2, -0.15) is 0 Å². The SMILES string of the molecule is Cc1ccc(OCc2cccc(C)n2)c([B-](F)(F)F)c1. The second kappa shape index (κ2) is 5.57. The molecule has 0 aliphatic heterocycles. The zero-order chi connectivity index (χ0) is 14.8. The van der Waals surface area contributed by atoms with Gasteiger partial charge in [0.1, 0.15) is 6.61 Å². The maximum atomic E-state index is 13.0. The van der Waals surface area contributed by atoms with Crippen LogP contribution in [0.15, 0.2) is 36.4 Å². The Labute approximate surface area is 115 Å². The molecule has 0 aliphatic rings. The number of halogens is 3. The van der Waals surface area contributed by atoms with Crippen LogP contribution >= 0.6 is 0 Å². The summed E-state index contributed by atoms with van der Waals surface area (Å²) in [5.41, 5.74) is 1.26. The Balaban J connectivity index is 2.21. The number of benzene rings is 1. The van der Waals surface area contributed by atoms with E-state index in [-0.39, 0.29) is 12.4 Å². The molecule has 0 amide bonds. The van der Waals surface area contributed by atoms with Gasteiger partial charge in [-0.3, -0.25) is 4.98 Å². The number of aryl methyl sites for hydroxylation is 2. The van der Waals surface area contributed by atoms with Crippen LogP contribution in [0.4, 0.5) is 12.9 Å². The third-order valence-electron chi connectivity index (χ3n) is 2.84. The summed E-state index contributed by atoms with van der Waals surface area (Å²) in [7, 11) is 0. The number of nitrogens with zero attached hydrogens (tertiary/aromatic N) is 1. The van der Waals surface area contributed by atoms with E-state index >= 15 is 0 Å². The van der Waals surface area contributed by atoms with Gasteiger partial charge in [0, 0.05) is 5.69 Å². The monoisotopic (exact) mass is 280 g/mol. The lowest BCUT2D eigenvalue weighted by Gasteiger charge is -2.20. The summed E-state index contributed by atoms with van der Waals surface area (Å²) in [6.45, 7) is -1.63. The van der Waals surface area contributed by atoms with Crippen LogP contribution in [-0.4, -0.2) is 12.0 Å². The van der Waals surface area contributed by atoms with Crippen LogP contribution in [0.3, 0.4) is 0 Å². The predicted octanol–water partition coefficient (Wildman–Crippen LogP) is 3.33. The van der Waals surface area contributed by atoms with E-state index in [1.165, 1.54) is 6.07 Å². The quantitative estimate of drug-likeness (QED) is 0.801. The molecule has 0 fully saturated rings. The van der Waals surface area contributed by atoms with E-state index in [1.807, 2.05) is 13.0 Å². The Kier molecular flexibility index (Phi) is 4.02. The highest BCUT2D eigenvalue weighted by Crippen LogP contribution is 2.19. The van der Waals surface area contributed by atoms with Crippen LogP contribution in [0.5, 0.6) is 5.75 Å². The Bertz CT molecular complexity index is 614. The molecule has 20 heavy (non-hydrogen) atoms. The second-order valence-electron chi connectivity index (χ2n) is 4.68. The molecule has 106 valence electrons. The molecular weight excluding hydrogens is 266 g/mol. The van der Waals surface area contributed by atoms with Crippen molar-refractivity contribution in [2.75, 3.05) is 0 Å². The van der Waals surface area contributed by atoms with Crippen LogP contribution in [0, 0.1) is 13.8 Å². The third kappa shape index (κ3) is 3.53. The Morgan fingerprint density at radius 2 is 1.85 bits per heavy atom. The number of aromatic nitrogens is 1. The number of hydrogen-bond donors (Lipinski definition) is 0. The molecular formula is C14H14BF3NO-. The summed E-state index contributed by atoms with van der Waals surface area (Å²) in [6.07, 6.45) is 0. The fourth-order valence-corrected chi connectivity index (χ4v) is 1.89. The average Bonchev–Trinajstić information content (AvgIpc) is 2.36. The molecule has 0 atom stereocenters. The molecule has 2 aromatic rings. The van der Waals surface area contributed by atoms with Crippen molar-refractivity contribution in [2.24, 2.45) is 0 Å². The molecule has 0 spiro atoms. The molecule has 1 aromatic carbocycles. The van der Waals surface area contributed by atoms with E-state index in [0.717, 1.165) is 11.8 Å². The first-order valence-corrected chi connectivity index (χ1v) is 6.22. The van der Waals surface area contributed by atoms with Crippen molar-refractivity contribution in [3.05, 3.63) is 53.3 Å². The van der Waals surface area contributed by atoms with E-state index < -0.39 is 12.4 Å². The summed E-state index contributed by atoms with van der Waals surface area (Å²) >= 11 is 0. The molecule has 6 heteroatoms. The van der Waals surface area contributed by atoms with Gasteiger partial charge in [0.2, 0.25) is 0 Å². The van der Waals surface area contributed by atoms with Gasteiger partial charge >= 0.3 is 6.98 Å². The van der Waals surface area contributed by atoms with Gasteiger partial charge < -0.3 is 17.7 Å². The minimum atomic E-state index is -5.09. The van der Waals surface area contributed by atoms with Gasteiger partial charge in [-0.25, -0.2) is 0 Å². The van der Waals surface area contributed by atoms with Gasteiger partial charge in [0.15, 0.2) is 0 Å². The van der Waals surface area contributed by atoms with Crippen LogP contribution in [0.1, 0.15) is 17.0 Å².